The first-order valence-corrected chi connectivity index (χ1v) is 9.12. The molecule has 0 aliphatic carbocycles. The highest BCUT2D eigenvalue weighted by Crippen LogP contribution is 2.35. The average molecular weight is 374 g/mol. The minimum atomic E-state index is -0.411. The zero-order valence-electron chi connectivity index (χ0n) is 15.4. The number of piperidine rings is 1. The standard InChI is InChI=1S/C20H24ClN3O2/c1-14-5-4-10-22-18(14)24-11-8-20(2,9-12-24)19(25)23-15-6-7-17(26-3)16(21)13-15/h4-7,10,13H,8-9,11-12H2,1-3H3,(H,23,25). The van der Waals surface area contributed by atoms with Crippen molar-refractivity contribution in [1.29, 1.82) is 0 Å². The second-order valence-electron chi connectivity index (χ2n) is 7.00. The van der Waals surface area contributed by atoms with Crippen LogP contribution in [0.4, 0.5) is 11.5 Å². The Morgan fingerprint density at radius 2 is 2.04 bits per heavy atom. The van der Waals surface area contributed by atoms with Gasteiger partial charge in [0.25, 0.3) is 0 Å². The van der Waals surface area contributed by atoms with Gasteiger partial charge in [-0.2, -0.15) is 0 Å². The van der Waals surface area contributed by atoms with Crippen LogP contribution in [-0.4, -0.2) is 31.1 Å². The summed E-state index contributed by atoms with van der Waals surface area (Å²) in [5.74, 6) is 1.63. The van der Waals surface area contributed by atoms with E-state index in [9.17, 15) is 4.79 Å². The zero-order chi connectivity index (χ0) is 18.7. The lowest BCUT2D eigenvalue weighted by molar-refractivity contribution is -0.125. The molecule has 6 heteroatoms. The van der Waals surface area contributed by atoms with Gasteiger partial charge in [0.05, 0.1) is 17.5 Å². The molecule has 5 nitrogen and oxygen atoms in total. The zero-order valence-corrected chi connectivity index (χ0v) is 16.1. The quantitative estimate of drug-likeness (QED) is 0.868. The van der Waals surface area contributed by atoms with Gasteiger partial charge >= 0.3 is 0 Å². The molecule has 1 amide bonds. The molecule has 0 saturated carbocycles. The summed E-state index contributed by atoms with van der Waals surface area (Å²) in [5.41, 5.74) is 1.43. The summed E-state index contributed by atoms with van der Waals surface area (Å²) in [4.78, 5) is 19.6. The van der Waals surface area contributed by atoms with Gasteiger partial charge in [-0.25, -0.2) is 4.98 Å². The van der Waals surface area contributed by atoms with Crippen molar-refractivity contribution in [3.8, 4) is 5.75 Å². The molecule has 1 saturated heterocycles. The first-order valence-electron chi connectivity index (χ1n) is 8.74. The number of aryl methyl sites for hydroxylation is 1. The van der Waals surface area contributed by atoms with Crippen LogP contribution >= 0.6 is 11.6 Å². The highest BCUT2D eigenvalue weighted by molar-refractivity contribution is 6.32. The first-order chi connectivity index (χ1) is 12.4. The molecule has 1 N–H and O–H groups in total. The molecule has 0 unspecified atom stereocenters. The highest BCUT2D eigenvalue weighted by atomic mass is 35.5. The van der Waals surface area contributed by atoms with E-state index in [2.05, 4.69) is 28.2 Å². The number of halogens is 1. The van der Waals surface area contributed by atoms with E-state index in [0.717, 1.165) is 37.3 Å². The molecule has 2 aromatic rings. The fourth-order valence-electron chi connectivity index (χ4n) is 3.27. The molecule has 3 rings (SSSR count). The van der Waals surface area contributed by atoms with Gasteiger partial charge in [0.2, 0.25) is 5.91 Å². The lowest BCUT2D eigenvalue weighted by atomic mass is 9.79. The van der Waals surface area contributed by atoms with Crippen LogP contribution in [0.1, 0.15) is 25.3 Å². The number of ether oxygens (including phenoxy) is 1. The van der Waals surface area contributed by atoms with Crippen molar-refractivity contribution in [2.24, 2.45) is 5.41 Å². The number of amides is 1. The van der Waals surface area contributed by atoms with Crippen LogP contribution in [0.5, 0.6) is 5.75 Å². The number of anilines is 2. The Bertz CT molecular complexity index is 801. The molecule has 0 atom stereocenters. The Balaban J connectivity index is 1.65. The second kappa shape index (κ2) is 7.54. The number of hydrogen-bond acceptors (Lipinski definition) is 4. The molecule has 26 heavy (non-hydrogen) atoms. The Hall–Kier alpha value is -2.27. The molecule has 1 aromatic heterocycles. The molecule has 138 valence electrons. The van der Waals surface area contributed by atoms with Crippen LogP contribution in [0.2, 0.25) is 5.02 Å². The van der Waals surface area contributed by atoms with E-state index in [4.69, 9.17) is 16.3 Å². The Morgan fingerprint density at radius 3 is 2.65 bits per heavy atom. The van der Waals surface area contributed by atoms with E-state index in [1.165, 1.54) is 0 Å². The van der Waals surface area contributed by atoms with Gasteiger partial charge in [0.1, 0.15) is 11.6 Å². The molecular weight excluding hydrogens is 350 g/mol. The third kappa shape index (κ3) is 3.78. The molecule has 0 radical (unpaired) electrons. The summed E-state index contributed by atoms with van der Waals surface area (Å²) in [5, 5.41) is 3.48. The molecule has 2 heterocycles. The molecule has 0 spiro atoms. The van der Waals surface area contributed by atoms with E-state index < -0.39 is 5.41 Å². The topological polar surface area (TPSA) is 54.5 Å². The van der Waals surface area contributed by atoms with E-state index in [1.807, 2.05) is 19.2 Å². The van der Waals surface area contributed by atoms with Gasteiger partial charge in [0.15, 0.2) is 0 Å². The summed E-state index contributed by atoms with van der Waals surface area (Å²) in [7, 11) is 1.57. The lowest BCUT2D eigenvalue weighted by Gasteiger charge is -2.39. The van der Waals surface area contributed by atoms with Crippen LogP contribution in [0.3, 0.4) is 0 Å². The molecule has 1 aliphatic heterocycles. The van der Waals surface area contributed by atoms with Crippen LogP contribution in [-0.2, 0) is 4.79 Å². The number of nitrogens with one attached hydrogen (secondary N) is 1. The fourth-order valence-corrected chi connectivity index (χ4v) is 3.53. The van der Waals surface area contributed by atoms with Crippen molar-refractivity contribution < 1.29 is 9.53 Å². The number of rotatable bonds is 4. The number of aromatic nitrogens is 1. The van der Waals surface area contributed by atoms with Crippen molar-refractivity contribution in [2.75, 3.05) is 30.4 Å². The molecule has 0 bridgehead atoms. The van der Waals surface area contributed by atoms with Crippen molar-refractivity contribution in [1.82, 2.24) is 4.98 Å². The maximum Gasteiger partial charge on any atom is 0.230 e. The van der Waals surface area contributed by atoms with Crippen LogP contribution < -0.4 is 15.0 Å². The van der Waals surface area contributed by atoms with E-state index in [0.29, 0.717) is 16.5 Å². The molecular formula is C20H24ClN3O2. The van der Waals surface area contributed by atoms with Crippen LogP contribution in [0, 0.1) is 12.3 Å². The largest absolute Gasteiger partial charge is 0.495 e. The van der Waals surface area contributed by atoms with Gasteiger partial charge in [-0.3, -0.25) is 4.79 Å². The van der Waals surface area contributed by atoms with Crippen molar-refractivity contribution in [3.63, 3.8) is 0 Å². The monoisotopic (exact) mass is 373 g/mol. The van der Waals surface area contributed by atoms with Gasteiger partial charge in [-0.15, -0.1) is 0 Å². The van der Waals surface area contributed by atoms with Gasteiger partial charge < -0.3 is 15.0 Å². The maximum atomic E-state index is 12.8. The first kappa shape index (κ1) is 18.5. The third-order valence-corrected chi connectivity index (χ3v) is 5.40. The van der Waals surface area contributed by atoms with E-state index in [1.54, 1.807) is 25.3 Å². The summed E-state index contributed by atoms with van der Waals surface area (Å²) >= 11 is 6.15. The lowest BCUT2D eigenvalue weighted by Crippen LogP contribution is -2.45. The molecule has 1 aliphatic rings. The summed E-state index contributed by atoms with van der Waals surface area (Å²) in [6.07, 6.45) is 3.37. The smallest absolute Gasteiger partial charge is 0.230 e. The summed E-state index contributed by atoms with van der Waals surface area (Å²) in [6.45, 7) is 5.71. The summed E-state index contributed by atoms with van der Waals surface area (Å²) < 4.78 is 5.15. The summed E-state index contributed by atoms with van der Waals surface area (Å²) in [6, 6.07) is 9.29. The van der Waals surface area contributed by atoms with Gasteiger partial charge in [-0.05, 0) is 49.6 Å². The molecule has 1 aromatic carbocycles. The number of carbonyl (C=O) groups excluding carboxylic acids is 1. The Morgan fingerprint density at radius 1 is 1.31 bits per heavy atom. The minimum Gasteiger partial charge on any atom is -0.495 e. The molecule has 1 fully saturated rings. The van der Waals surface area contributed by atoms with Gasteiger partial charge in [-0.1, -0.05) is 24.6 Å². The predicted octanol–water partition coefficient (Wildman–Crippen LogP) is 4.30. The Kier molecular flexibility index (Phi) is 5.37. The number of carbonyl (C=O) groups is 1. The SMILES string of the molecule is COc1ccc(NC(=O)C2(C)CCN(c3ncccc3C)CC2)cc1Cl. The van der Waals surface area contributed by atoms with Crippen LogP contribution in [0.25, 0.3) is 0 Å². The highest BCUT2D eigenvalue weighted by Gasteiger charge is 2.37. The number of benzene rings is 1. The Labute approximate surface area is 159 Å². The predicted molar refractivity (Wildman–Crippen MR) is 105 cm³/mol. The fraction of sp³-hybridized carbons (Fsp3) is 0.400. The van der Waals surface area contributed by atoms with E-state index in [-0.39, 0.29) is 5.91 Å². The van der Waals surface area contributed by atoms with Crippen LogP contribution in [0.15, 0.2) is 36.5 Å². The average Bonchev–Trinajstić information content (AvgIpc) is 2.63. The van der Waals surface area contributed by atoms with Crippen molar-refractivity contribution >= 4 is 29.0 Å². The normalized spacial score (nSPS) is 16.2. The second-order valence-corrected chi connectivity index (χ2v) is 7.40. The number of nitrogens with zero attached hydrogens (tertiary/aromatic N) is 2. The number of methoxy groups -OCH3 is 1. The maximum absolute atomic E-state index is 12.8. The van der Waals surface area contributed by atoms with Gasteiger partial charge in [0, 0.05) is 25.0 Å². The van der Waals surface area contributed by atoms with E-state index >= 15 is 0 Å². The van der Waals surface area contributed by atoms with Crippen molar-refractivity contribution in [2.45, 2.75) is 26.7 Å². The third-order valence-electron chi connectivity index (χ3n) is 5.11. The number of hydrogen-bond donors (Lipinski definition) is 1. The minimum absolute atomic E-state index is 0.0242. The number of pyridine rings is 1. The van der Waals surface area contributed by atoms with Crippen molar-refractivity contribution in [3.05, 3.63) is 47.1 Å².